The highest BCUT2D eigenvalue weighted by Gasteiger charge is 2.04. The molecule has 0 bridgehead atoms. The molecule has 9 heavy (non-hydrogen) atoms. The molecule has 0 aromatic carbocycles. The summed E-state index contributed by atoms with van der Waals surface area (Å²) >= 11 is 0. The Morgan fingerprint density at radius 1 is 1.56 bits per heavy atom. The highest BCUT2D eigenvalue weighted by molar-refractivity contribution is 7.88. The van der Waals surface area contributed by atoms with E-state index in [2.05, 4.69) is 4.72 Å². The molecular weight excluding hydrogens is 138 g/mol. The molecule has 0 radical (unpaired) electrons. The zero-order valence-corrected chi connectivity index (χ0v) is 6.83. The minimum Gasteiger partial charge on any atom is -0.213 e. The fourth-order valence-corrected chi connectivity index (χ4v) is 1.35. The average Bonchev–Trinajstić information content (AvgIpc) is 1.62. The van der Waals surface area contributed by atoms with Crippen molar-refractivity contribution in [2.75, 3.05) is 6.26 Å². The lowest BCUT2D eigenvalue weighted by Gasteiger charge is -2.07. The Balaban J connectivity index is 3.75. The van der Waals surface area contributed by atoms with E-state index >= 15 is 0 Å². The normalized spacial score (nSPS) is 15.4. The van der Waals surface area contributed by atoms with Crippen LogP contribution in [0.4, 0.5) is 0 Å². The summed E-state index contributed by atoms with van der Waals surface area (Å²) in [4.78, 5) is 0. The van der Waals surface area contributed by atoms with Crippen LogP contribution in [-0.2, 0) is 10.0 Å². The van der Waals surface area contributed by atoms with Gasteiger partial charge in [0, 0.05) is 6.04 Å². The Morgan fingerprint density at radius 3 is 2.11 bits per heavy atom. The van der Waals surface area contributed by atoms with Gasteiger partial charge in [0.2, 0.25) is 10.0 Å². The Morgan fingerprint density at radius 2 is 2.00 bits per heavy atom. The van der Waals surface area contributed by atoms with Gasteiger partial charge in [-0.25, -0.2) is 13.1 Å². The van der Waals surface area contributed by atoms with E-state index in [-0.39, 0.29) is 6.04 Å². The monoisotopic (exact) mass is 151 g/mol. The predicted octanol–water partition coefficient (Wildman–Crippen LogP) is 0.334. The molecule has 0 aromatic rings. The van der Waals surface area contributed by atoms with Crippen LogP contribution in [0.3, 0.4) is 0 Å². The van der Waals surface area contributed by atoms with Gasteiger partial charge in [-0.2, -0.15) is 0 Å². The summed E-state index contributed by atoms with van der Waals surface area (Å²) in [5.41, 5.74) is 0. The summed E-state index contributed by atoms with van der Waals surface area (Å²) in [5, 5.41) is 0. The first-order chi connectivity index (χ1) is 3.95. The summed E-state index contributed by atoms with van der Waals surface area (Å²) < 4.78 is 23.4. The maximum Gasteiger partial charge on any atom is 0.208 e. The van der Waals surface area contributed by atoms with Crippen LogP contribution >= 0.6 is 0 Å². The van der Waals surface area contributed by atoms with Gasteiger partial charge in [0.15, 0.2) is 0 Å². The number of rotatable bonds is 3. The topological polar surface area (TPSA) is 46.2 Å². The molecule has 0 rings (SSSR count). The van der Waals surface area contributed by atoms with Gasteiger partial charge >= 0.3 is 0 Å². The van der Waals surface area contributed by atoms with Crippen molar-refractivity contribution in [3.8, 4) is 0 Å². The molecule has 1 unspecified atom stereocenters. The molecule has 0 aromatic heterocycles. The predicted molar refractivity (Wildman–Crippen MR) is 37.7 cm³/mol. The lowest BCUT2D eigenvalue weighted by Crippen LogP contribution is -2.30. The van der Waals surface area contributed by atoms with Crippen LogP contribution in [0.25, 0.3) is 0 Å². The van der Waals surface area contributed by atoms with E-state index < -0.39 is 10.0 Å². The van der Waals surface area contributed by atoms with Gasteiger partial charge in [-0.05, 0) is 13.3 Å². The Bertz CT molecular complexity index is 162. The molecule has 0 aliphatic carbocycles. The molecule has 4 heteroatoms. The van der Waals surface area contributed by atoms with Crippen molar-refractivity contribution in [3.05, 3.63) is 0 Å². The second kappa shape index (κ2) is 3.17. The van der Waals surface area contributed by atoms with Crippen molar-refractivity contribution in [1.29, 1.82) is 0 Å². The van der Waals surface area contributed by atoms with Gasteiger partial charge in [-0.1, -0.05) is 6.92 Å². The largest absolute Gasteiger partial charge is 0.213 e. The van der Waals surface area contributed by atoms with Crippen LogP contribution in [0.1, 0.15) is 20.3 Å². The van der Waals surface area contributed by atoms with E-state index in [4.69, 9.17) is 0 Å². The second-order valence-electron chi connectivity index (χ2n) is 2.20. The van der Waals surface area contributed by atoms with E-state index in [1.807, 2.05) is 13.8 Å². The fraction of sp³-hybridized carbons (Fsp3) is 1.00. The lowest BCUT2D eigenvalue weighted by molar-refractivity contribution is 0.561. The molecule has 0 saturated heterocycles. The molecule has 0 spiro atoms. The number of nitrogens with one attached hydrogen (secondary N) is 1. The molecule has 56 valence electrons. The van der Waals surface area contributed by atoms with Crippen molar-refractivity contribution in [3.63, 3.8) is 0 Å². The molecule has 0 aliphatic rings. The smallest absolute Gasteiger partial charge is 0.208 e. The molecule has 3 nitrogen and oxygen atoms in total. The molecule has 1 N–H and O–H groups in total. The second-order valence-corrected chi connectivity index (χ2v) is 3.98. The summed E-state index contributed by atoms with van der Waals surface area (Å²) in [6.07, 6.45) is 1.99. The Hall–Kier alpha value is -0.0900. The molecular formula is C5H13NO2S. The standard InChI is InChI=1S/C5H13NO2S/c1-4-5(2)6-9(3,7)8/h5-6H,4H2,1-3H3. The molecule has 0 saturated carbocycles. The first kappa shape index (κ1) is 8.91. The third-order valence-corrected chi connectivity index (χ3v) is 1.86. The minimum absolute atomic E-state index is 0.0556. The van der Waals surface area contributed by atoms with Crippen molar-refractivity contribution in [2.45, 2.75) is 26.3 Å². The third-order valence-electron chi connectivity index (χ3n) is 1.03. The van der Waals surface area contributed by atoms with E-state index in [0.29, 0.717) is 0 Å². The van der Waals surface area contributed by atoms with E-state index in [1.54, 1.807) is 0 Å². The number of sulfonamides is 1. The van der Waals surface area contributed by atoms with Crippen molar-refractivity contribution >= 4 is 10.0 Å². The van der Waals surface area contributed by atoms with Crippen LogP contribution in [0.5, 0.6) is 0 Å². The highest BCUT2D eigenvalue weighted by atomic mass is 32.2. The van der Waals surface area contributed by atoms with Gasteiger partial charge < -0.3 is 0 Å². The van der Waals surface area contributed by atoms with Gasteiger partial charge in [-0.3, -0.25) is 0 Å². The third kappa shape index (κ3) is 5.79. The van der Waals surface area contributed by atoms with E-state index in [1.165, 1.54) is 6.26 Å². The maximum atomic E-state index is 10.5. The van der Waals surface area contributed by atoms with Gasteiger partial charge in [0.05, 0.1) is 6.26 Å². The average molecular weight is 151 g/mol. The first-order valence-electron chi connectivity index (χ1n) is 2.93. The fourth-order valence-electron chi connectivity index (χ4n) is 0.449. The zero-order chi connectivity index (χ0) is 7.49. The Kier molecular flexibility index (Phi) is 3.14. The zero-order valence-electron chi connectivity index (χ0n) is 6.01. The Labute approximate surface area is 56.5 Å². The number of hydrogen-bond donors (Lipinski definition) is 1. The lowest BCUT2D eigenvalue weighted by atomic mass is 10.3. The van der Waals surface area contributed by atoms with Crippen molar-refractivity contribution in [2.24, 2.45) is 0 Å². The van der Waals surface area contributed by atoms with Gasteiger partial charge in [0.1, 0.15) is 0 Å². The van der Waals surface area contributed by atoms with Crippen LogP contribution in [-0.4, -0.2) is 20.7 Å². The van der Waals surface area contributed by atoms with Gasteiger partial charge in [-0.15, -0.1) is 0 Å². The molecule has 0 amide bonds. The van der Waals surface area contributed by atoms with Crippen LogP contribution in [0, 0.1) is 0 Å². The summed E-state index contributed by atoms with van der Waals surface area (Å²) in [6.45, 7) is 3.77. The van der Waals surface area contributed by atoms with Crippen molar-refractivity contribution < 1.29 is 8.42 Å². The number of hydrogen-bond acceptors (Lipinski definition) is 2. The van der Waals surface area contributed by atoms with Crippen LogP contribution in [0.15, 0.2) is 0 Å². The van der Waals surface area contributed by atoms with E-state index in [0.717, 1.165) is 6.42 Å². The quantitative estimate of drug-likeness (QED) is 0.632. The molecule has 0 heterocycles. The van der Waals surface area contributed by atoms with Crippen molar-refractivity contribution in [1.82, 2.24) is 4.72 Å². The minimum atomic E-state index is -2.99. The summed E-state index contributed by atoms with van der Waals surface area (Å²) in [7, 11) is -2.99. The van der Waals surface area contributed by atoms with Crippen LogP contribution < -0.4 is 4.72 Å². The first-order valence-corrected chi connectivity index (χ1v) is 4.82. The molecule has 0 aliphatic heterocycles. The van der Waals surface area contributed by atoms with Gasteiger partial charge in [0.25, 0.3) is 0 Å². The molecule has 1 atom stereocenters. The highest BCUT2D eigenvalue weighted by Crippen LogP contribution is 1.89. The molecule has 0 fully saturated rings. The SMILES string of the molecule is CCC(C)NS(C)(=O)=O. The van der Waals surface area contributed by atoms with E-state index in [9.17, 15) is 8.42 Å². The van der Waals surface area contributed by atoms with Crippen LogP contribution in [0.2, 0.25) is 0 Å². The maximum absolute atomic E-state index is 10.5. The summed E-state index contributed by atoms with van der Waals surface area (Å²) in [6, 6.07) is 0.0556. The summed E-state index contributed by atoms with van der Waals surface area (Å²) in [5.74, 6) is 0.